The SMILES string of the molecule is NC(c1[nH]c2c(c1C(=O)O)CCc1cnc(-c3ccc(N4CC(O)C4)nc3)cc1-2)C1CC1. The van der Waals surface area contributed by atoms with E-state index in [4.69, 9.17) is 5.73 Å². The van der Waals surface area contributed by atoms with Crippen molar-refractivity contribution in [2.24, 2.45) is 11.7 Å². The van der Waals surface area contributed by atoms with Gasteiger partial charge in [-0.15, -0.1) is 0 Å². The van der Waals surface area contributed by atoms with E-state index in [2.05, 4.69) is 15.0 Å². The first-order chi connectivity index (χ1) is 15.5. The van der Waals surface area contributed by atoms with Crippen LogP contribution >= 0.6 is 0 Å². The summed E-state index contributed by atoms with van der Waals surface area (Å²) in [6, 6.07) is 5.68. The standard InChI is InChI=1S/C24H25N5O3/c25-21(12-1-2-12)23-20(24(31)32)16-5-3-13-8-26-18(7-17(13)22(16)28-23)14-4-6-19(27-9-14)29-10-15(30)11-29/h4,6-9,12,15,21,28,30H,1-3,5,10-11,25H2,(H,31,32). The average molecular weight is 431 g/mol. The molecule has 0 spiro atoms. The molecular formula is C24H25N5O3. The molecule has 1 saturated carbocycles. The lowest BCUT2D eigenvalue weighted by Gasteiger charge is -2.36. The van der Waals surface area contributed by atoms with Crippen molar-refractivity contribution in [2.75, 3.05) is 18.0 Å². The van der Waals surface area contributed by atoms with Gasteiger partial charge in [0.25, 0.3) is 0 Å². The first kappa shape index (κ1) is 19.5. The van der Waals surface area contributed by atoms with Gasteiger partial charge in [0, 0.05) is 48.3 Å². The van der Waals surface area contributed by atoms with Crippen molar-refractivity contribution in [2.45, 2.75) is 37.8 Å². The second-order valence-corrected chi connectivity index (χ2v) is 9.13. The Hall–Kier alpha value is -3.23. The van der Waals surface area contributed by atoms with Crippen LogP contribution in [0.5, 0.6) is 0 Å². The molecule has 3 aromatic rings. The van der Waals surface area contributed by atoms with Gasteiger partial charge in [0.1, 0.15) is 5.82 Å². The van der Waals surface area contributed by atoms with Crippen LogP contribution in [0.25, 0.3) is 22.5 Å². The number of carboxylic acids is 1. The monoisotopic (exact) mass is 431 g/mol. The number of pyridine rings is 2. The summed E-state index contributed by atoms with van der Waals surface area (Å²) >= 11 is 0. The van der Waals surface area contributed by atoms with E-state index in [0.717, 1.165) is 58.7 Å². The summed E-state index contributed by atoms with van der Waals surface area (Å²) < 4.78 is 0. The molecule has 4 heterocycles. The molecule has 0 amide bonds. The highest BCUT2D eigenvalue weighted by molar-refractivity contribution is 5.95. The van der Waals surface area contributed by atoms with Crippen molar-refractivity contribution in [1.82, 2.24) is 15.0 Å². The fourth-order valence-electron chi connectivity index (χ4n) is 4.93. The van der Waals surface area contributed by atoms with E-state index in [1.807, 2.05) is 29.3 Å². The minimum absolute atomic E-state index is 0.270. The molecule has 3 aromatic heterocycles. The molecule has 6 rings (SSSR count). The predicted octanol–water partition coefficient (Wildman–Crippen LogP) is 2.53. The molecule has 0 aromatic carbocycles. The number of H-pyrrole nitrogens is 1. The maximum atomic E-state index is 12.1. The molecule has 164 valence electrons. The third kappa shape index (κ3) is 3.10. The number of nitrogens with zero attached hydrogens (tertiary/aromatic N) is 3. The van der Waals surface area contributed by atoms with Crippen LogP contribution in [0.4, 0.5) is 5.82 Å². The Kier molecular flexibility index (Phi) is 4.34. The van der Waals surface area contributed by atoms with Crippen LogP contribution in [0.1, 0.15) is 46.1 Å². The van der Waals surface area contributed by atoms with E-state index < -0.39 is 5.97 Å². The van der Waals surface area contributed by atoms with Crippen LogP contribution in [-0.4, -0.2) is 50.3 Å². The Bertz CT molecular complexity index is 1210. The van der Waals surface area contributed by atoms with Gasteiger partial charge in [-0.05, 0) is 60.9 Å². The highest BCUT2D eigenvalue weighted by Crippen LogP contribution is 2.44. The van der Waals surface area contributed by atoms with Crippen molar-refractivity contribution < 1.29 is 15.0 Å². The number of hydrogen-bond acceptors (Lipinski definition) is 6. The lowest BCUT2D eigenvalue weighted by atomic mass is 9.88. The number of aliphatic hydroxyl groups excluding tert-OH is 1. The van der Waals surface area contributed by atoms with Gasteiger partial charge in [-0.3, -0.25) is 4.98 Å². The van der Waals surface area contributed by atoms with Crippen molar-refractivity contribution >= 4 is 11.8 Å². The fourth-order valence-corrected chi connectivity index (χ4v) is 4.93. The van der Waals surface area contributed by atoms with Crippen molar-refractivity contribution in [3.05, 3.63) is 53.0 Å². The van der Waals surface area contributed by atoms with E-state index in [1.165, 1.54) is 0 Å². The minimum atomic E-state index is -0.915. The van der Waals surface area contributed by atoms with E-state index in [0.29, 0.717) is 36.7 Å². The van der Waals surface area contributed by atoms with E-state index in [-0.39, 0.29) is 12.1 Å². The number of fused-ring (bicyclic) bond motifs is 3. The summed E-state index contributed by atoms with van der Waals surface area (Å²) in [5.41, 5.74) is 12.9. The maximum Gasteiger partial charge on any atom is 0.337 e. The Morgan fingerprint density at radius 1 is 1.19 bits per heavy atom. The fraction of sp³-hybridized carbons (Fsp3) is 0.375. The number of nitrogens with one attached hydrogen (secondary N) is 1. The molecule has 0 bridgehead atoms. The number of aromatic amines is 1. The predicted molar refractivity (Wildman–Crippen MR) is 119 cm³/mol. The molecule has 3 aliphatic rings. The van der Waals surface area contributed by atoms with Gasteiger partial charge >= 0.3 is 5.97 Å². The zero-order valence-corrected chi connectivity index (χ0v) is 17.6. The highest BCUT2D eigenvalue weighted by Gasteiger charge is 2.36. The summed E-state index contributed by atoms with van der Waals surface area (Å²) in [6.07, 6.45) is 6.92. The molecule has 8 nitrogen and oxygen atoms in total. The normalized spacial score (nSPS) is 18.6. The van der Waals surface area contributed by atoms with Gasteiger partial charge in [0.15, 0.2) is 0 Å². The third-order valence-corrected chi connectivity index (χ3v) is 6.94. The Balaban J connectivity index is 1.38. The number of hydrogen-bond donors (Lipinski definition) is 4. The molecule has 0 radical (unpaired) electrons. The van der Waals surface area contributed by atoms with Gasteiger partial charge in [0.2, 0.25) is 0 Å². The quantitative estimate of drug-likeness (QED) is 0.489. The van der Waals surface area contributed by atoms with Gasteiger partial charge in [-0.2, -0.15) is 0 Å². The molecule has 2 fully saturated rings. The zero-order valence-electron chi connectivity index (χ0n) is 17.6. The van der Waals surface area contributed by atoms with Crippen LogP contribution in [0.3, 0.4) is 0 Å². The molecule has 5 N–H and O–H groups in total. The lowest BCUT2D eigenvalue weighted by molar-refractivity contribution is 0.0694. The number of anilines is 1. The number of aliphatic hydroxyl groups is 1. The van der Waals surface area contributed by atoms with Crippen LogP contribution < -0.4 is 10.6 Å². The number of β-amino-alcohol motifs (C(OH)–C–C–N with tert-alkyl or cyclic N) is 1. The van der Waals surface area contributed by atoms with Gasteiger partial charge in [0.05, 0.1) is 23.1 Å². The van der Waals surface area contributed by atoms with Crippen molar-refractivity contribution in [3.8, 4) is 22.5 Å². The van der Waals surface area contributed by atoms with Crippen LogP contribution in [0.2, 0.25) is 0 Å². The van der Waals surface area contributed by atoms with E-state index in [9.17, 15) is 15.0 Å². The average Bonchev–Trinajstić information content (AvgIpc) is 3.55. The molecule has 1 aliphatic heterocycles. The smallest absolute Gasteiger partial charge is 0.337 e. The number of carbonyl (C=O) groups is 1. The summed E-state index contributed by atoms with van der Waals surface area (Å²) in [5.74, 6) is 0.286. The summed E-state index contributed by atoms with van der Waals surface area (Å²) in [6.45, 7) is 1.21. The maximum absolute atomic E-state index is 12.1. The molecule has 1 atom stereocenters. The minimum Gasteiger partial charge on any atom is -0.478 e. The first-order valence-electron chi connectivity index (χ1n) is 11.1. The third-order valence-electron chi connectivity index (χ3n) is 6.94. The molecule has 1 unspecified atom stereocenters. The Morgan fingerprint density at radius 3 is 2.66 bits per heavy atom. The number of nitrogens with two attached hydrogens (primary N) is 1. The first-order valence-corrected chi connectivity index (χ1v) is 11.1. The Morgan fingerprint density at radius 2 is 2.00 bits per heavy atom. The second kappa shape index (κ2) is 7.15. The van der Waals surface area contributed by atoms with Gasteiger partial charge < -0.3 is 25.8 Å². The number of carboxylic acid groups (broad SMARTS) is 1. The molecular weight excluding hydrogens is 406 g/mol. The van der Waals surface area contributed by atoms with Crippen LogP contribution in [0, 0.1) is 5.92 Å². The summed E-state index contributed by atoms with van der Waals surface area (Å²) in [5, 5.41) is 19.4. The number of aromatic carboxylic acids is 1. The molecule has 32 heavy (non-hydrogen) atoms. The van der Waals surface area contributed by atoms with Crippen molar-refractivity contribution in [3.63, 3.8) is 0 Å². The topological polar surface area (TPSA) is 128 Å². The van der Waals surface area contributed by atoms with Crippen molar-refractivity contribution in [1.29, 1.82) is 0 Å². The van der Waals surface area contributed by atoms with Gasteiger partial charge in [-0.25, -0.2) is 9.78 Å². The summed E-state index contributed by atoms with van der Waals surface area (Å²) in [7, 11) is 0. The number of rotatable bonds is 5. The number of aryl methyl sites for hydroxylation is 1. The van der Waals surface area contributed by atoms with E-state index >= 15 is 0 Å². The lowest BCUT2D eigenvalue weighted by Crippen LogP contribution is -2.51. The molecule has 2 aliphatic carbocycles. The molecule has 8 heteroatoms. The Labute approximate surface area is 185 Å². The van der Waals surface area contributed by atoms with Crippen LogP contribution in [-0.2, 0) is 12.8 Å². The summed E-state index contributed by atoms with van der Waals surface area (Å²) in [4.78, 5) is 26.7. The number of aromatic nitrogens is 3. The van der Waals surface area contributed by atoms with Gasteiger partial charge in [-0.1, -0.05) is 0 Å². The van der Waals surface area contributed by atoms with Crippen LogP contribution in [0.15, 0.2) is 30.6 Å². The highest BCUT2D eigenvalue weighted by atomic mass is 16.4. The molecule has 1 saturated heterocycles. The largest absolute Gasteiger partial charge is 0.478 e. The zero-order chi connectivity index (χ0) is 22.0. The van der Waals surface area contributed by atoms with E-state index in [1.54, 1.807) is 6.20 Å². The second-order valence-electron chi connectivity index (χ2n) is 9.13.